The summed E-state index contributed by atoms with van der Waals surface area (Å²) < 4.78 is 31.5. The lowest BCUT2D eigenvalue weighted by Crippen LogP contribution is -2.27. The Morgan fingerprint density at radius 2 is 1.85 bits per heavy atom. The Morgan fingerprint density at radius 1 is 1.25 bits per heavy atom. The van der Waals surface area contributed by atoms with E-state index in [4.69, 9.17) is 11.6 Å². The van der Waals surface area contributed by atoms with Gasteiger partial charge in [0, 0.05) is 9.90 Å². The van der Waals surface area contributed by atoms with Crippen LogP contribution in [0, 0.1) is 13.8 Å². The quantitative estimate of drug-likeness (QED) is 0.934. The molecule has 0 aliphatic heterocycles. The van der Waals surface area contributed by atoms with E-state index in [1.165, 1.54) is 23.7 Å². The van der Waals surface area contributed by atoms with Gasteiger partial charge in [0.05, 0.1) is 16.6 Å². The molecule has 7 heteroatoms. The Hall–Kier alpha value is -0.950. The van der Waals surface area contributed by atoms with Crippen LogP contribution in [-0.4, -0.2) is 12.8 Å². The van der Waals surface area contributed by atoms with Gasteiger partial charge in [0.25, 0.3) is 0 Å². The second kappa shape index (κ2) is 5.81. The lowest BCUT2D eigenvalue weighted by Gasteiger charge is -2.13. The summed E-state index contributed by atoms with van der Waals surface area (Å²) in [5.41, 5.74) is 1.80. The van der Waals surface area contributed by atoms with Gasteiger partial charge in [0.1, 0.15) is 0 Å². The Labute approximate surface area is 128 Å². The van der Waals surface area contributed by atoms with Crippen LogP contribution >= 0.6 is 23.1 Å². The lowest BCUT2D eigenvalue weighted by molar-refractivity contribution is 0.564. The molecule has 20 heavy (non-hydrogen) atoms. The summed E-state index contributed by atoms with van der Waals surface area (Å²) in [6, 6.07) is 5.70. The van der Waals surface area contributed by atoms with Gasteiger partial charge in [-0.15, -0.1) is 0 Å². The van der Waals surface area contributed by atoms with Crippen LogP contribution in [0.5, 0.6) is 0 Å². The van der Waals surface area contributed by atoms with Gasteiger partial charge in [-0.25, -0.2) is 13.1 Å². The molecule has 1 aromatic carbocycles. The number of nitrogens with zero attached hydrogens (tertiary/aromatic N) is 1. The van der Waals surface area contributed by atoms with Gasteiger partial charge in [-0.3, -0.25) is 0 Å². The normalized spacial score (nSPS) is 13.4. The molecule has 0 bridgehead atoms. The molecular formula is C13H15ClN2O2S2. The third kappa shape index (κ3) is 3.20. The zero-order chi connectivity index (χ0) is 14.9. The maximum atomic E-state index is 12.3. The largest absolute Gasteiger partial charge is 0.241 e. The third-order valence-corrected chi connectivity index (χ3v) is 5.74. The van der Waals surface area contributed by atoms with Gasteiger partial charge in [-0.05, 0) is 62.1 Å². The van der Waals surface area contributed by atoms with E-state index in [1.807, 2.05) is 13.8 Å². The second-order valence-corrected chi connectivity index (χ2v) is 7.67. The van der Waals surface area contributed by atoms with Crippen LogP contribution in [0.4, 0.5) is 0 Å². The molecule has 0 radical (unpaired) electrons. The van der Waals surface area contributed by atoms with Crippen LogP contribution in [0.15, 0.2) is 29.2 Å². The summed E-state index contributed by atoms with van der Waals surface area (Å²) in [5.74, 6) is 0. The molecule has 4 nitrogen and oxygen atoms in total. The van der Waals surface area contributed by atoms with Crippen LogP contribution in [0.1, 0.15) is 29.1 Å². The molecule has 0 amide bonds. The molecule has 1 heterocycles. The summed E-state index contributed by atoms with van der Waals surface area (Å²) in [6.07, 6.45) is 0. The highest BCUT2D eigenvalue weighted by atomic mass is 35.5. The summed E-state index contributed by atoms with van der Waals surface area (Å²) in [7, 11) is -3.58. The Kier molecular flexibility index (Phi) is 4.49. The van der Waals surface area contributed by atoms with Gasteiger partial charge in [0.15, 0.2) is 0 Å². The fourth-order valence-corrected chi connectivity index (χ4v) is 3.91. The SMILES string of the molecule is Cc1snc(C(C)NS(=O)(=O)c2ccc(Cl)cc2)c1C. The standard InChI is InChI=1S/C13H15ClN2O2S2/c1-8-10(3)19-15-13(8)9(2)16-20(17,18)12-6-4-11(14)5-7-12/h4-7,9,16H,1-3H3. The molecule has 0 aliphatic carbocycles. The Balaban J connectivity index is 2.24. The van der Waals surface area contributed by atoms with Crippen molar-refractivity contribution in [3.05, 3.63) is 45.4 Å². The van der Waals surface area contributed by atoms with Gasteiger partial charge >= 0.3 is 0 Å². The molecule has 1 N–H and O–H groups in total. The molecular weight excluding hydrogens is 316 g/mol. The van der Waals surface area contributed by atoms with Crippen molar-refractivity contribution in [2.45, 2.75) is 31.7 Å². The summed E-state index contributed by atoms with van der Waals surface area (Å²) in [5, 5.41) is 0.503. The maximum absolute atomic E-state index is 12.3. The highest BCUT2D eigenvalue weighted by Crippen LogP contribution is 2.24. The predicted octanol–water partition coefficient (Wildman–Crippen LogP) is 3.45. The number of benzene rings is 1. The monoisotopic (exact) mass is 330 g/mol. The van der Waals surface area contributed by atoms with E-state index in [0.717, 1.165) is 16.1 Å². The van der Waals surface area contributed by atoms with E-state index in [9.17, 15) is 8.42 Å². The van der Waals surface area contributed by atoms with Crippen LogP contribution in [0.25, 0.3) is 0 Å². The molecule has 0 saturated carbocycles. The summed E-state index contributed by atoms with van der Waals surface area (Å²) in [4.78, 5) is 1.29. The molecule has 0 fully saturated rings. The zero-order valence-electron chi connectivity index (χ0n) is 11.3. The van der Waals surface area contributed by atoms with E-state index < -0.39 is 10.0 Å². The van der Waals surface area contributed by atoms with Gasteiger partial charge in [0.2, 0.25) is 10.0 Å². The predicted molar refractivity (Wildman–Crippen MR) is 81.8 cm³/mol. The first-order valence-corrected chi connectivity index (χ1v) is 8.65. The van der Waals surface area contributed by atoms with Crippen LogP contribution in [-0.2, 0) is 10.0 Å². The van der Waals surface area contributed by atoms with Crippen molar-refractivity contribution >= 4 is 33.2 Å². The molecule has 0 spiro atoms. The fraction of sp³-hybridized carbons (Fsp3) is 0.308. The first kappa shape index (κ1) is 15.4. The van der Waals surface area contributed by atoms with E-state index in [-0.39, 0.29) is 10.9 Å². The number of halogens is 1. The van der Waals surface area contributed by atoms with Crippen LogP contribution in [0.2, 0.25) is 5.02 Å². The number of rotatable bonds is 4. The molecule has 1 atom stereocenters. The average Bonchev–Trinajstić information content (AvgIpc) is 2.70. The van der Waals surface area contributed by atoms with Gasteiger partial charge < -0.3 is 0 Å². The number of aromatic nitrogens is 1. The molecule has 2 aromatic rings. The molecule has 2 rings (SSSR count). The van der Waals surface area contributed by atoms with Crippen LogP contribution < -0.4 is 4.72 Å². The van der Waals surface area contributed by atoms with Gasteiger partial charge in [-0.1, -0.05) is 11.6 Å². The van der Waals surface area contributed by atoms with Crippen molar-refractivity contribution < 1.29 is 8.42 Å². The lowest BCUT2D eigenvalue weighted by atomic mass is 10.1. The van der Waals surface area contributed by atoms with Crippen molar-refractivity contribution in [3.8, 4) is 0 Å². The fourth-order valence-electron chi connectivity index (χ4n) is 1.81. The molecule has 0 saturated heterocycles. The number of nitrogens with one attached hydrogen (secondary N) is 1. The first-order valence-electron chi connectivity index (χ1n) is 6.02. The van der Waals surface area contributed by atoms with E-state index in [2.05, 4.69) is 9.10 Å². The Bertz CT molecular complexity index is 708. The van der Waals surface area contributed by atoms with E-state index >= 15 is 0 Å². The van der Waals surface area contributed by atoms with Gasteiger partial charge in [-0.2, -0.15) is 4.37 Å². The molecule has 108 valence electrons. The number of aryl methyl sites for hydroxylation is 1. The summed E-state index contributed by atoms with van der Waals surface area (Å²) in [6.45, 7) is 5.70. The van der Waals surface area contributed by atoms with E-state index in [1.54, 1.807) is 19.1 Å². The molecule has 1 aromatic heterocycles. The first-order chi connectivity index (χ1) is 9.31. The average molecular weight is 331 g/mol. The van der Waals surface area contributed by atoms with Crippen molar-refractivity contribution in [2.24, 2.45) is 0 Å². The number of sulfonamides is 1. The molecule has 1 unspecified atom stereocenters. The zero-order valence-corrected chi connectivity index (χ0v) is 13.7. The third-order valence-electron chi connectivity index (χ3n) is 3.06. The highest BCUT2D eigenvalue weighted by molar-refractivity contribution is 7.89. The highest BCUT2D eigenvalue weighted by Gasteiger charge is 2.21. The Morgan fingerprint density at radius 3 is 2.35 bits per heavy atom. The smallest absolute Gasteiger partial charge is 0.207 e. The number of hydrogen-bond donors (Lipinski definition) is 1. The second-order valence-electron chi connectivity index (χ2n) is 4.55. The summed E-state index contributed by atoms with van der Waals surface area (Å²) >= 11 is 7.14. The van der Waals surface area contributed by atoms with E-state index in [0.29, 0.717) is 5.02 Å². The van der Waals surface area contributed by atoms with Crippen molar-refractivity contribution in [1.82, 2.24) is 9.10 Å². The van der Waals surface area contributed by atoms with Crippen molar-refractivity contribution in [1.29, 1.82) is 0 Å². The topological polar surface area (TPSA) is 59.1 Å². The minimum atomic E-state index is -3.58. The minimum absolute atomic E-state index is 0.193. The maximum Gasteiger partial charge on any atom is 0.241 e. The van der Waals surface area contributed by atoms with Crippen molar-refractivity contribution in [3.63, 3.8) is 0 Å². The molecule has 0 aliphatic rings. The van der Waals surface area contributed by atoms with Crippen molar-refractivity contribution in [2.75, 3.05) is 0 Å². The minimum Gasteiger partial charge on any atom is -0.207 e. The number of hydrogen-bond acceptors (Lipinski definition) is 4. The van der Waals surface area contributed by atoms with Crippen LogP contribution in [0.3, 0.4) is 0 Å².